The number of para-hydroxylation sites is 1. The third-order valence-electron chi connectivity index (χ3n) is 4.63. The van der Waals surface area contributed by atoms with Crippen LogP contribution in [0.4, 0.5) is 5.82 Å². The van der Waals surface area contributed by atoms with Gasteiger partial charge in [0.2, 0.25) is 5.88 Å². The predicted molar refractivity (Wildman–Crippen MR) is 99.6 cm³/mol. The number of aromatic amines is 1. The first-order chi connectivity index (χ1) is 12.6. The number of carbonyl (C=O) groups is 1. The maximum absolute atomic E-state index is 12.9. The Bertz CT molecular complexity index is 936. The molecule has 1 aliphatic rings. The van der Waals surface area contributed by atoms with Crippen molar-refractivity contribution in [2.45, 2.75) is 12.5 Å². The third-order valence-corrected chi connectivity index (χ3v) is 4.63. The maximum atomic E-state index is 12.9. The summed E-state index contributed by atoms with van der Waals surface area (Å²) in [6.07, 6.45) is 4.01. The summed E-state index contributed by atoms with van der Waals surface area (Å²) >= 11 is 0. The Balaban J connectivity index is 1.45. The van der Waals surface area contributed by atoms with E-state index in [1.165, 1.54) is 6.33 Å². The molecule has 7 heteroatoms. The van der Waals surface area contributed by atoms with E-state index in [1.54, 1.807) is 6.20 Å². The zero-order valence-electron chi connectivity index (χ0n) is 14.8. The lowest BCUT2D eigenvalue weighted by Gasteiger charge is -2.17. The van der Waals surface area contributed by atoms with Crippen molar-refractivity contribution >= 4 is 22.6 Å². The molecule has 1 aliphatic heterocycles. The molecule has 1 fully saturated rings. The minimum Gasteiger partial charge on any atom is -0.472 e. The Kier molecular flexibility index (Phi) is 4.20. The van der Waals surface area contributed by atoms with Gasteiger partial charge in [-0.1, -0.05) is 18.2 Å². The summed E-state index contributed by atoms with van der Waals surface area (Å²) in [5.74, 6) is 1.36. The Morgan fingerprint density at radius 2 is 2.15 bits per heavy atom. The third kappa shape index (κ3) is 3.08. The van der Waals surface area contributed by atoms with E-state index >= 15 is 0 Å². The van der Waals surface area contributed by atoms with Crippen molar-refractivity contribution in [3.05, 3.63) is 48.4 Å². The van der Waals surface area contributed by atoms with E-state index in [2.05, 4.69) is 15.0 Å². The van der Waals surface area contributed by atoms with Gasteiger partial charge in [0, 0.05) is 50.2 Å². The van der Waals surface area contributed by atoms with Crippen LogP contribution in [0.1, 0.15) is 16.8 Å². The summed E-state index contributed by atoms with van der Waals surface area (Å²) in [5, 5.41) is 0.952. The van der Waals surface area contributed by atoms with Crippen LogP contribution < -0.4 is 9.64 Å². The standard InChI is InChI=1S/C19H21N5O2/c1-23(2)17-9-18(22-12-21-17)26-13-7-8-24(11-13)19(25)15-10-20-16-6-4-3-5-14(15)16/h3-6,9-10,12-13,20H,7-8,11H2,1-2H3/t13-/m0/s1. The number of fused-ring (bicyclic) bond motifs is 1. The second-order valence-electron chi connectivity index (χ2n) is 6.64. The number of hydrogen-bond donors (Lipinski definition) is 1. The quantitative estimate of drug-likeness (QED) is 0.781. The lowest BCUT2D eigenvalue weighted by molar-refractivity contribution is 0.0773. The van der Waals surface area contributed by atoms with Crippen molar-refractivity contribution in [3.63, 3.8) is 0 Å². The number of nitrogens with zero attached hydrogens (tertiary/aromatic N) is 4. The summed E-state index contributed by atoms with van der Waals surface area (Å²) in [4.78, 5) is 28.1. The fourth-order valence-electron chi connectivity index (χ4n) is 3.24. The largest absolute Gasteiger partial charge is 0.472 e. The minimum atomic E-state index is -0.0610. The average Bonchev–Trinajstić information content (AvgIpc) is 3.28. The summed E-state index contributed by atoms with van der Waals surface area (Å²) < 4.78 is 5.97. The molecule has 0 saturated carbocycles. The molecule has 1 amide bonds. The Labute approximate surface area is 151 Å². The van der Waals surface area contributed by atoms with Gasteiger partial charge < -0.3 is 19.5 Å². The number of rotatable bonds is 4. The zero-order chi connectivity index (χ0) is 18.1. The molecule has 1 atom stereocenters. The molecule has 1 saturated heterocycles. The number of nitrogens with one attached hydrogen (secondary N) is 1. The highest BCUT2D eigenvalue weighted by Crippen LogP contribution is 2.23. The van der Waals surface area contributed by atoms with Crippen LogP contribution in [0.25, 0.3) is 10.9 Å². The van der Waals surface area contributed by atoms with Crippen molar-refractivity contribution in [2.24, 2.45) is 0 Å². The molecule has 0 aliphatic carbocycles. The number of likely N-dealkylation sites (tertiary alicyclic amines) is 1. The molecule has 26 heavy (non-hydrogen) atoms. The topological polar surface area (TPSA) is 74.3 Å². The number of carbonyl (C=O) groups excluding carboxylic acids is 1. The van der Waals surface area contributed by atoms with Crippen LogP contribution in [-0.2, 0) is 0 Å². The van der Waals surface area contributed by atoms with Gasteiger partial charge in [0.15, 0.2) is 0 Å². The van der Waals surface area contributed by atoms with E-state index in [9.17, 15) is 4.79 Å². The van der Waals surface area contributed by atoms with Gasteiger partial charge in [-0.15, -0.1) is 0 Å². The summed E-state index contributed by atoms with van der Waals surface area (Å²) in [6, 6.07) is 9.65. The van der Waals surface area contributed by atoms with E-state index in [0.29, 0.717) is 24.5 Å². The molecule has 4 rings (SSSR count). The lowest BCUT2D eigenvalue weighted by atomic mass is 10.1. The van der Waals surface area contributed by atoms with Crippen LogP contribution in [0.5, 0.6) is 5.88 Å². The minimum absolute atomic E-state index is 0.0326. The van der Waals surface area contributed by atoms with Gasteiger partial charge in [-0.05, 0) is 6.07 Å². The highest BCUT2D eigenvalue weighted by atomic mass is 16.5. The van der Waals surface area contributed by atoms with Crippen molar-refractivity contribution in [2.75, 3.05) is 32.1 Å². The summed E-state index contributed by atoms with van der Waals surface area (Å²) in [5.41, 5.74) is 1.68. The number of anilines is 1. The van der Waals surface area contributed by atoms with Gasteiger partial charge in [0.05, 0.1) is 12.1 Å². The van der Waals surface area contributed by atoms with Crippen LogP contribution >= 0.6 is 0 Å². The van der Waals surface area contributed by atoms with E-state index in [1.807, 2.05) is 54.2 Å². The number of H-pyrrole nitrogens is 1. The molecule has 0 bridgehead atoms. The molecule has 0 unspecified atom stereocenters. The van der Waals surface area contributed by atoms with Crippen molar-refractivity contribution in [3.8, 4) is 5.88 Å². The first-order valence-corrected chi connectivity index (χ1v) is 8.63. The molecular weight excluding hydrogens is 330 g/mol. The Hall–Kier alpha value is -3.09. The van der Waals surface area contributed by atoms with Gasteiger partial charge in [-0.25, -0.2) is 9.97 Å². The van der Waals surface area contributed by atoms with E-state index in [0.717, 1.165) is 23.1 Å². The Morgan fingerprint density at radius 1 is 1.31 bits per heavy atom. The number of amides is 1. The second-order valence-corrected chi connectivity index (χ2v) is 6.64. The van der Waals surface area contributed by atoms with Crippen molar-refractivity contribution in [1.29, 1.82) is 0 Å². The molecule has 3 aromatic rings. The van der Waals surface area contributed by atoms with Crippen molar-refractivity contribution in [1.82, 2.24) is 19.9 Å². The molecular formula is C19H21N5O2. The maximum Gasteiger partial charge on any atom is 0.256 e. The van der Waals surface area contributed by atoms with Crippen LogP contribution in [0, 0.1) is 0 Å². The highest BCUT2D eigenvalue weighted by Gasteiger charge is 2.29. The molecule has 2 aromatic heterocycles. The van der Waals surface area contributed by atoms with Crippen LogP contribution in [-0.4, -0.2) is 59.0 Å². The molecule has 1 aromatic carbocycles. The number of aromatic nitrogens is 3. The van der Waals surface area contributed by atoms with Crippen molar-refractivity contribution < 1.29 is 9.53 Å². The molecule has 3 heterocycles. The van der Waals surface area contributed by atoms with Crippen LogP contribution in [0.15, 0.2) is 42.9 Å². The first-order valence-electron chi connectivity index (χ1n) is 8.63. The SMILES string of the molecule is CN(C)c1cc(O[C@H]2CCN(C(=O)c3c[nH]c4ccccc34)C2)ncn1. The summed E-state index contributed by atoms with van der Waals surface area (Å²) in [6.45, 7) is 1.23. The molecule has 7 nitrogen and oxygen atoms in total. The fourth-order valence-corrected chi connectivity index (χ4v) is 3.24. The fraction of sp³-hybridized carbons (Fsp3) is 0.316. The molecule has 1 N–H and O–H groups in total. The van der Waals surface area contributed by atoms with E-state index in [-0.39, 0.29) is 12.0 Å². The number of benzene rings is 1. The van der Waals surface area contributed by atoms with Gasteiger partial charge in [0.25, 0.3) is 5.91 Å². The molecule has 0 spiro atoms. The number of hydrogen-bond acceptors (Lipinski definition) is 5. The van der Waals surface area contributed by atoms with Gasteiger partial charge in [-0.3, -0.25) is 4.79 Å². The monoisotopic (exact) mass is 351 g/mol. The van der Waals surface area contributed by atoms with E-state index < -0.39 is 0 Å². The van der Waals surface area contributed by atoms with Gasteiger partial charge in [0.1, 0.15) is 18.2 Å². The van der Waals surface area contributed by atoms with Gasteiger partial charge >= 0.3 is 0 Å². The van der Waals surface area contributed by atoms with Gasteiger partial charge in [-0.2, -0.15) is 0 Å². The molecule has 0 radical (unpaired) electrons. The average molecular weight is 351 g/mol. The smallest absolute Gasteiger partial charge is 0.256 e. The van der Waals surface area contributed by atoms with Crippen LogP contribution in [0.3, 0.4) is 0 Å². The van der Waals surface area contributed by atoms with Crippen LogP contribution in [0.2, 0.25) is 0 Å². The second kappa shape index (κ2) is 6.67. The first kappa shape index (κ1) is 16.4. The Morgan fingerprint density at radius 3 is 3.00 bits per heavy atom. The normalized spacial score (nSPS) is 16.8. The lowest BCUT2D eigenvalue weighted by Crippen LogP contribution is -2.31. The van der Waals surface area contributed by atoms with E-state index in [4.69, 9.17) is 4.74 Å². The predicted octanol–water partition coefficient (Wildman–Crippen LogP) is 2.32. The zero-order valence-corrected chi connectivity index (χ0v) is 14.8. The molecule has 134 valence electrons. The number of ether oxygens (including phenoxy) is 1. The summed E-state index contributed by atoms with van der Waals surface area (Å²) in [7, 11) is 3.84. The highest BCUT2D eigenvalue weighted by molar-refractivity contribution is 6.06.